The lowest BCUT2D eigenvalue weighted by Crippen LogP contribution is -2.40. The summed E-state index contributed by atoms with van der Waals surface area (Å²) in [6.45, 7) is 1.37. The highest BCUT2D eigenvalue weighted by Gasteiger charge is 2.29. The smallest absolute Gasteiger partial charge is 0.257 e. The number of aromatic nitrogens is 2. The number of fused-ring (bicyclic) bond motifs is 1. The molecule has 5 rings (SSSR count). The third kappa shape index (κ3) is 3.93. The molecule has 158 valence electrons. The normalized spacial score (nSPS) is 16.5. The molecule has 1 aliphatic rings. The van der Waals surface area contributed by atoms with Gasteiger partial charge in [0.1, 0.15) is 5.75 Å². The third-order valence-electron chi connectivity index (χ3n) is 5.83. The Morgan fingerprint density at radius 3 is 2.84 bits per heavy atom. The summed E-state index contributed by atoms with van der Waals surface area (Å²) in [6, 6.07) is 15.9. The van der Waals surface area contributed by atoms with Gasteiger partial charge in [0, 0.05) is 18.5 Å². The Labute approximate surface area is 184 Å². The molecule has 2 aromatic carbocycles. The van der Waals surface area contributed by atoms with Crippen LogP contribution >= 0.6 is 11.3 Å². The van der Waals surface area contributed by atoms with Crippen LogP contribution in [-0.4, -0.2) is 41.2 Å². The second-order valence-corrected chi connectivity index (χ2v) is 8.70. The van der Waals surface area contributed by atoms with Crippen LogP contribution in [-0.2, 0) is 11.2 Å². The zero-order valence-electron chi connectivity index (χ0n) is 17.3. The second kappa shape index (κ2) is 8.51. The van der Waals surface area contributed by atoms with E-state index in [0.717, 1.165) is 46.3 Å². The lowest BCUT2D eigenvalue weighted by atomic mass is 9.96. The van der Waals surface area contributed by atoms with Crippen LogP contribution in [0.5, 0.6) is 5.75 Å². The van der Waals surface area contributed by atoms with E-state index in [0.29, 0.717) is 24.7 Å². The highest BCUT2D eigenvalue weighted by molar-refractivity contribution is 7.13. The number of hydrogen-bond acceptors (Lipinski definition) is 6. The molecule has 1 saturated heterocycles. The fraction of sp³-hybridized carbons (Fsp3) is 0.292. The van der Waals surface area contributed by atoms with Crippen molar-refractivity contribution in [3.8, 4) is 16.5 Å². The standard InChI is InChI=1S/C24H23N3O3S/c1-29-20-11-10-16(18-7-2-3-8-19(18)20)14-22(28)27-12-4-6-17(15-27)23-25-26-24(30-23)21-9-5-13-31-21/h2-3,5,7-11,13,17H,4,6,12,14-15H2,1H3. The van der Waals surface area contributed by atoms with Gasteiger partial charge in [0.2, 0.25) is 11.8 Å². The summed E-state index contributed by atoms with van der Waals surface area (Å²) in [7, 11) is 1.67. The van der Waals surface area contributed by atoms with E-state index >= 15 is 0 Å². The maximum Gasteiger partial charge on any atom is 0.257 e. The van der Waals surface area contributed by atoms with E-state index in [1.807, 2.05) is 58.8 Å². The number of ether oxygens (including phenoxy) is 1. The first-order valence-corrected chi connectivity index (χ1v) is 11.3. The fourth-order valence-corrected chi connectivity index (χ4v) is 4.89. The minimum absolute atomic E-state index is 0.0755. The molecule has 0 N–H and O–H groups in total. The Kier molecular flexibility index (Phi) is 5.42. The summed E-state index contributed by atoms with van der Waals surface area (Å²) in [5.74, 6) is 2.20. The van der Waals surface area contributed by atoms with Crippen LogP contribution in [0.4, 0.5) is 0 Å². The number of likely N-dealkylation sites (tertiary alicyclic amines) is 1. The molecule has 0 aliphatic carbocycles. The molecule has 1 unspecified atom stereocenters. The first-order valence-electron chi connectivity index (χ1n) is 10.4. The van der Waals surface area contributed by atoms with Gasteiger partial charge in [-0.15, -0.1) is 21.5 Å². The number of thiophene rings is 1. The van der Waals surface area contributed by atoms with Crippen molar-refractivity contribution in [1.82, 2.24) is 15.1 Å². The number of nitrogens with zero attached hydrogens (tertiary/aromatic N) is 3. The Morgan fingerprint density at radius 1 is 1.16 bits per heavy atom. The van der Waals surface area contributed by atoms with Gasteiger partial charge in [-0.2, -0.15) is 0 Å². The second-order valence-electron chi connectivity index (χ2n) is 7.75. The van der Waals surface area contributed by atoms with Gasteiger partial charge < -0.3 is 14.1 Å². The predicted octanol–water partition coefficient (Wildman–Crippen LogP) is 4.91. The van der Waals surface area contributed by atoms with Crippen molar-refractivity contribution in [3.63, 3.8) is 0 Å². The predicted molar refractivity (Wildman–Crippen MR) is 120 cm³/mol. The van der Waals surface area contributed by atoms with Crippen molar-refractivity contribution in [2.45, 2.75) is 25.2 Å². The Balaban J connectivity index is 1.32. The lowest BCUT2D eigenvalue weighted by Gasteiger charge is -2.31. The number of carbonyl (C=O) groups is 1. The summed E-state index contributed by atoms with van der Waals surface area (Å²) in [5, 5.41) is 12.5. The van der Waals surface area contributed by atoms with Gasteiger partial charge in [-0.3, -0.25) is 4.79 Å². The van der Waals surface area contributed by atoms with Crippen LogP contribution in [0.3, 0.4) is 0 Å². The van der Waals surface area contributed by atoms with E-state index in [1.54, 1.807) is 18.4 Å². The molecule has 0 saturated carbocycles. The molecule has 3 heterocycles. The number of benzene rings is 2. The Morgan fingerprint density at radius 2 is 2.03 bits per heavy atom. The van der Waals surface area contributed by atoms with Crippen molar-refractivity contribution in [3.05, 3.63) is 65.4 Å². The molecule has 0 spiro atoms. The van der Waals surface area contributed by atoms with Crippen molar-refractivity contribution in [2.75, 3.05) is 20.2 Å². The van der Waals surface area contributed by atoms with Crippen LogP contribution in [0, 0.1) is 0 Å². The van der Waals surface area contributed by atoms with Gasteiger partial charge in [0.25, 0.3) is 5.89 Å². The maximum absolute atomic E-state index is 13.2. The zero-order chi connectivity index (χ0) is 21.2. The molecule has 6 nitrogen and oxygen atoms in total. The van der Waals surface area contributed by atoms with E-state index in [1.165, 1.54) is 0 Å². The van der Waals surface area contributed by atoms with Crippen LogP contribution in [0.1, 0.15) is 30.2 Å². The highest BCUT2D eigenvalue weighted by atomic mass is 32.1. The average molecular weight is 434 g/mol. The van der Waals surface area contributed by atoms with Crippen molar-refractivity contribution >= 4 is 28.0 Å². The van der Waals surface area contributed by atoms with Gasteiger partial charge in [-0.05, 0) is 41.3 Å². The van der Waals surface area contributed by atoms with Gasteiger partial charge in [-0.1, -0.05) is 36.4 Å². The first kappa shape index (κ1) is 19.8. The van der Waals surface area contributed by atoms with Crippen molar-refractivity contribution < 1.29 is 13.9 Å². The van der Waals surface area contributed by atoms with Crippen LogP contribution < -0.4 is 4.74 Å². The molecule has 1 amide bonds. The van der Waals surface area contributed by atoms with E-state index in [9.17, 15) is 4.79 Å². The highest BCUT2D eigenvalue weighted by Crippen LogP contribution is 2.32. The number of methoxy groups -OCH3 is 1. The van der Waals surface area contributed by atoms with Gasteiger partial charge in [-0.25, -0.2) is 0 Å². The van der Waals surface area contributed by atoms with Crippen molar-refractivity contribution in [2.24, 2.45) is 0 Å². The number of rotatable bonds is 5. The number of amides is 1. The summed E-state index contributed by atoms with van der Waals surface area (Å²) in [6.07, 6.45) is 2.24. The molecule has 0 bridgehead atoms. The first-order chi connectivity index (χ1) is 15.2. The number of piperidine rings is 1. The molecular formula is C24H23N3O3S. The molecule has 2 aromatic heterocycles. The minimum Gasteiger partial charge on any atom is -0.496 e. The number of carbonyl (C=O) groups excluding carboxylic acids is 1. The van der Waals surface area contributed by atoms with E-state index in [2.05, 4.69) is 10.2 Å². The Bertz CT molecular complexity index is 1200. The van der Waals surface area contributed by atoms with Crippen molar-refractivity contribution in [1.29, 1.82) is 0 Å². The van der Waals surface area contributed by atoms with E-state index in [4.69, 9.17) is 9.15 Å². The van der Waals surface area contributed by atoms with E-state index < -0.39 is 0 Å². The SMILES string of the molecule is COc1ccc(CC(=O)N2CCCC(c3nnc(-c4cccs4)o3)C2)c2ccccc12. The van der Waals surface area contributed by atoms with Gasteiger partial charge in [0.05, 0.1) is 24.3 Å². The third-order valence-corrected chi connectivity index (χ3v) is 6.69. The molecule has 1 atom stereocenters. The van der Waals surface area contributed by atoms with Crippen LogP contribution in [0.15, 0.2) is 58.3 Å². The maximum atomic E-state index is 13.2. The van der Waals surface area contributed by atoms with E-state index in [-0.39, 0.29) is 11.8 Å². The molecule has 7 heteroatoms. The quantitative estimate of drug-likeness (QED) is 0.447. The molecule has 4 aromatic rings. The molecule has 0 radical (unpaired) electrons. The topological polar surface area (TPSA) is 68.5 Å². The number of hydrogen-bond donors (Lipinski definition) is 0. The fourth-order valence-electron chi connectivity index (χ4n) is 4.25. The summed E-state index contributed by atoms with van der Waals surface area (Å²) < 4.78 is 11.4. The largest absolute Gasteiger partial charge is 0.496 e. The molecule has 1 fully saturated rings. The van der Waals surface area contributed by atoms with Gasteiger partial charge >= 0.3 is 0 Å². The summed E-state index contributed by atoms with van der Waals surface area (Å²) in [4.78, 5) is 16.1. The van der Waals surface area contributed by atoms with Crippen LogP contribution in [0.2, 0.25) is 0 Å². The molecule has 31 heavy (non-hydrogen) atoms. The lowest BCUT2D eigenvalue weighted by molar-refractivity contribution is -0.131. The summed E-state index contributed by atoms with van der Waals surface area (Å²) >= 11 is 1.58. The zero-order valence-corrected chi connectivity index (χ0v) is 18.1. The van der Waals surface area contributed by atoms with Crippen LogP contribution in [0.25, 0.3) is 21.5 Å². The van der Waals surface area contributed by atoms with Gasteiger partial charge in [0.15, 0.2) is 0 Å². The monoisotopic (exact) mass is 433 g/mol. The molecular weight excluding hydrogens is 410 g/mol. The average Bonchev–Trinajstić information content (AvgIpc) is 3.51. The Hall–Kier alpha value is -3.19. The summed E-state index contributed by atoms with van der Waals surface area (Å²) in [5.41, 5.74) is 1.02. The minimum atomic E-state index is 0.0755. The molecule has 1 aliphatic heterocycles.